The number of allylic oxidation sites excluding steroid dienone is 1. The molecule has 5 nitrogen and oxygen atoms in total. The highest BCUT2D eigenvalue weighted by Gasteiger charge is 2.07. The number of aryl methyl sites for hydroxylation is 1. The molecular formula is C21H18BrN3O2. The lowest BCUT2D eigenvalue weighted by atomic mass is 10.1. The molecule has 0 fully saturated rings. The first-order valence-electron chi connectivity index (χ1n) is 8.35. The first-order valence-corrected chi connectivity index (χ1v) is 9.14. The average molecular weight is 424 g/mol. The number of carbonyl (C=O) groups excluding carboxylic acids is 2. The molecule has 0 saturated carbocycles. The van der Waals surface area contributed by atoms with Crippen molar-refractivity contribution >= 4 is 39.4 Å². The van der Waals surface area contributed by atoms with Crippen LogP contribution in [0.3, 0.4) is 0 Å². The van der Waals surface area contributed by atoms with Gasteiger partial charge in [0.15, 0.2) is 5.82 Å². The minimum atomic E-state index is -0.152. The molecule has 0 aliphatic rings. The van der Waals surface area contributed by atoms with Crippen molar-refractivity contribution < 1.29 is 9.59 Å². The third-order valence-electron chi connectivity index (χ3n) is 3.94. The molecule has 3 rings (SSSR count). The van der Waals surface area contributed by atoms with Gasteiger partial charge in [-0.2, -0.15) is 0 Å². The van der Waals surface area contributed by atoms with E-state index >= 15 is 0 Å². The quantitative estimate of drug-likeness (QED) is 0.475. The van der Waals surface area contributed by atoms with Crippen LogP contribution in [0.1, 0.15) is 21.7 Å². The molecule has 0 aliphatic heterocycles. The molecule has 6 heteroatoms. The average Bonchev–Trinajstić information content (AvgIpc) is 3.09. The van der Waals surface area contributed by atoms with Crippen molar-refractivity contribution in [3.05, 3.63) is 88.4 Å². The van der Waals surface area contributed by atoms with Gasteiger partial charge in [0.05, 0.1) is 6.42 Å². The predicted octanol–water partition coefficient (Wildman–Crippen LogP) is 4.26. The Hall–Kier alpha value is -2.99. The van der Waals surface area contributed by atoms with Crippen molar-refractivity contribution in [1.82, 2.24) is 9.55 Å². The molecule has 0 spiro atoms. The van der Waals surface area contributed by atoms with Crippen LogP contribution in [0.4, 0.5) is 5.69 Å². The van der Waals surface area contributed by atoms with Crippen LogP contribution in [0.5, 0.6) is 0 Å². The van der Waals surface area contributed by atoms with Crippen LogP contribution in [0.2, 0.25) is 0 Å². The van der Waals surface area contributed by atoms with Crippen LogP contribution < -0.4 is 5.32 Å². The van der Waals surface area contributed by atoms with Gasteiger partial charge >= 0.3 is 0 Å². The zero-order chi connectivity index (χ0) is 19.2. The van der Waals surface area contributed by atoms with Gasteiger partial charge in [0.2, 0.25) is 11.7 Å². The van der Waals surface area contributed by atoms with E-state index in [2.05, 4.69) is 26.2 Å². The molecule has 0 saturated heterocycles. The van der Waals surface area contributed by atoms with E-state index in [4.69, 9.17) is 0 Å². The van der Waals surface area contributed by atoms with Gasteiger partial charge in [0, 0.05) is 29.6 Å². The SMILES string of the molecule is Cn1ccnc1C(=O)/C=C/c1ccc(CC(=O)Nc2ccc(Br)cc2)cc1. The van der Waals surface area contributed by atoms with Crippen LogP contribution >= 0.6 is 15.9 Å². The summed E-state index contributed by atoms with van der Waals surface area (Å²) in [6.45, 7) is 0. The number of aromatic nitrogens is 2. The highest BCUT2D eigenvalue weighted by Crippen LogP contribution is 2.15. The van der Waals surface area contributed by atoms with Crippen LogP contribution in [-0.2, 0) is 18.3 Å². The number of nitrogens with one attached hydrogen (secondary N) is 1. The lowest BCUT2D eigenvalue weighted by Gasteiger charge is -2.06. The third kappa shape index (κ3) is 5.24. The summed E-state index contributed by atoms with van der Waals surface area (Å²) < 4.78 is 2.64. The van der Waals surface area contributed by atoms with Gasteiger partial charge in [-0.05, 0) is 41.5 Å². The third-order valence-corrected chi connectivity index (χ3v) is 4.47. The van der Waals surface area contributed by atoms with Crippen molar-refractivity contribution in [1.29, 1.82) is 0 Å². The summed E-state index contributed by atoms with van der Waals surface area (Å²) in [7, 11) is 1.78. The fourth-order valence-electron chi connectivity index (χ4n) is 2.52. The van der Waals surface area contributed by atoms with Crippen molar-refractivity contribution in [2.45, 2.75) is 6.42 Å². The number of halogens is 1. The number of hydrogen-bond donors (Lipinski definition) is 1. The molecule has 27 heavy (non-hydrogen) atoms. The van der Waals surface area contributed by atoms with Crippen LogP contribution in [0.25, 0.3) is 6.08 Å². The van der Waals surface area contributed by atoms with Crippen LogP contribution in [0, 0.1) is 0 Å². The zero-order valence-corrected chi connectivity index (χ0v) is 16.3. The zero-order valence-electron chi connectivity index (χ0n) is 14.7. The topological polar surface area (TPSA) is 64.0 Å². The Morgan fingerprint density at radius 3 is 2.44 bits per heavy atom. The number of hydrogen-bond acceptors (Lipinski definition) is 3. The first kappa shape index (κ1) is 18.8. The summed E-state index contributed by atoms with van der Waals surface area (Å²) >= 11 is 3.36. The van der Waals surface area contributed by atoms with Crippen molar-refractivity contribution in [2.75, 3.05) is 5.32 Å². The molecule has 3 aromatic rings. The number of benzene rings is 2. The summed E-state index contributed by atoms with van der Waals surface area (Å²) in [5, 5.41) is 2.87. The smallest absolute Gasteiger partial charge is 0.228 e. The van der Waals surface area contributed by atoms with Crippen LogP contribution in [-0.4, -0.2) is 21.2 Å². The van der Waals surface area contributed by atoms with Crippen molar-refractivity contribution in [3.63, 3.8) is 0 Å². The van der Waals surface area contributed by atoms with Gasteiger partial charge < -0.3 is 9.88 Å². The fraction of sp³-hybridized carbons (Fsp3) is 0.0952. The number of ketones is 1. The maximum Gasteiger partial charge on any atom is 0.228 e. The molecule has 0 radical (unpaired) electrons. The minimum Gasteiger partial charge on any atom is -0.331 e. The molecule has 0 bridgehead atoms. The van der Waals surface area contributed by atoms with E-state index in [9.17, 15) is 9.59 Å². The van der Waals surface area contributed by atoms with E-state index in [-0.39, 0.29) is 18.1 Å². The standard InChI is InChI=1S/C21H18BrN3O2/c1-25-13-12-23-21(25)19(26)11-6-15-2-4-16(5-3-15)14-20(27)24-18-9-7-17(22)8-10-18/h2-13H,14H2,1H3,(H,24,27)/b11-6+. The molecule has 2 aromatic carbocycles. The summed E-state index contributed by atoms with van der Waals surface area (Å²) in [5.74, 6) is 0.165. The predicted molar refractivity (Wildman–Crippen MR) is 109 cm³/mol. The summed E-state index contributed by atoms with van der Waals surface area (Å²) in [5.41, 5.74) is 2.54. The molecule has 0 unspecified atom stereocenters. The monoisotopic (exact) mass is 423 g/mol. The number of imidazole rings is 1. The molecule has 0 aliphatic carbocycles. The van der Waals surface area contributed by atoms with Gasteiger partial charge in [0.25, 0.3) is 0 Å². The molecule has 1 heterocycles. The Bertz CT molecular complexity index is 973. The molecule has 1 N–H and O–H groups in total. The molecular weight excluding hydrogens is 406 g/mol. The van der Waals surface area contributed by atoms with Gasteiger partial charge in [-0.25, -0.2) is 4.98 Å². The van der Waals surface area contributed by atoms with E-state index in [1.165, 1.54) is 6.08 Å². The minimum absolute atomic E-state index is 0.0782. The highest BCUT2D eigenvalue weighted by atomic mass is 79.9. The summed E-state index contributed by atoms with van der Waals surface area (Å²) in [6, 6.07) is 15.0. The number of nitrogens with zero attached hydrogens (tertiary/aromatic N) is 2. The second kappa shape index (κ2) is 8.60. The Labute approximate surface area is 165 Å². The Morgan fingerprint density at radius 2 is 1.81 bits per heavy atom. The van der Waals surface area contributed by atoms with E-state index in [0.717, 1.165) is 21.3 Å². The number of rotatable bonds is 6. The molecule has 136 valence electrons. The second-order valence-corrected chi connectivity index (χ2v) is 6.95. The van der Waals surface area contributed by atoms with Crippen LogP contribution in [0.15, 0.2) is 71.5 Å². The van der Waals surface area contributed by atoms with Crippen molar-refractivity contribution in [2.24, 2.45) is 7.05 Å². The Kier molecular flexibility index (Phi) is 5.98. The van der Waals surface area contributed by atoms with Gasteiger partial charge in [-0.3, -0.25) is 9.59 Å². The van der Waals surface area contributed by atoms with Gasteiger partial charge in [-0.15, -0.1) is 0 Å². The second-order valence-electron chi connectivity index (χ2n) is 6.03. The molecule has 1 aromatic heterocycles. The van der Waals surface area contributed by atoms with Crippen molar-refractivity contribution in [3.8, 4) is 0 Å². The van der Waals surface area contributed by atoms with E-state index in [1.807, 2.05) is 48.5 Å². The number of amides is 1. The van der Waals surface area contributed by atoms with Gasteiger partial charge in [-0.1, -0.05) is 46.3 Å². The maximum atomic E-state index is 12.1. The summed E-state index contributed by atoms with van der Waals surface area (Å²) in [4.78, 5) is 28.2. The van der Waals surface area contributed by atoms with E-state index in [0.29, 0.717) is 5.82 Å². The lowest BCUT2D eigenvalue weighted by Crippen LogP contribution is -2.14. The van der Waals surface area contributed by atoms with E-state index < -0.39 is 0 Å². The van der Waals surface area contributed by atoms with E-state index in [1.54, 1.807) is 30.1 Å². The molecule has 1 amide bonds. The first-order chi connectivity index (χ1) is 13.0. The lowest BCUT2D eigenvalue weighted by molar-refractivity contribution is -0.115. The highest BCUT2D eigenvalue weighted by molar-refractivity contribution is 9.10. The summed E-state index contributed by atoms with van der Waals surface area (Å²) in [6.07, 6.45) is 6.84. The largest absolute Gasteiger partial charge is 0.331 e. The fourth-order valence-corrected chi connectivity index (χ4v) is 2.78. The van der Waals surface area contributed by atoms with Gasteiger partial charge in [0.1, 0.15) is 0 Å². The normalized spacial score (nSPS) is 10.9. The maximum absolute atomic E-state index is 12.1. The number of carbonyl (C=O) groups is 2. The number of anilines is 1. The Morgan fingerprint density at radius 1 is 1.11 bits per heavy atom. The Balaban J connectivity index is 1.57. The molecule has 0 atom stereocenters.